The quantitative estimate of drug-likeness (QED) is 0.829. The van der Waals surface area contributed by atoms with E-state index in [-0.39, 0.29) is 5.54 Å². The van der Waals surface area contributed by atoms with Gasteiger partial charge >= 0.3 is 0 Å². The number of hydrogen-bond donors (Lipinski definition) is 1. The first kappa shape index (κ1) is 15.2. The maximum Gasteiger partial charge on any atom is 0.0703 e. The van der Waals surface area contributed by atoms with Gasteiger partial charge in [-0.1, -0.05) is 0 Å². The Morgan fingerprint density at radius 2 is 2.16 bits per heavy atom. The van der Waals surface area contributed by atoms with Crippen molar-refractivity contribution in [3.63, 3.8) is 0 Å². The van der Waals surface area contributed by atoms with Gasteiger partial charge in [-0.15, -0.1) is 0 Å². The topological polar surface area (TPSA) is 27.7 Å². The van der Waals surface area contributed by atoms with Gasteiger partial charge in [0.15, 0.2) is 0 Å². The van der Waals surface area contributed by atoms with Gasteiger partial charge in [-0.25, -0.2) is 0 Å². The zero-order valence-electron chi connectivity index (χ0n) is 13.1. The summed E-state index contributed by atoms with van der Waals surface area (Å²) in [5.74, 6) is 0. The molecule has 2 saturated heterocycles. The van der Waals surface area contributed by atoms with Gasteiger partial charge in [-0.05, 0) is 53.8 Å². The highest BCUT2D eigenvalue weighted by atomic mass is 16.5. The van der Waals surface area contributed by atoms with Crippen molar-refractivity contribution in [2.75, 3.05) is 46.9 Å². The Bertz CT molecular complexity index is 277. The molecule has 2 unspecified atom stereocenters. The predicted octanol–water partition coefficient (Wildman–Crippen LogP) is 1.17. The summed E-state index contributed by atoms with van der Waals surface area (Å²) in [6.45, 7) is 10.2. The molecule has 0 aliphatic carbocycles. The van der Waals surface area contributed by atoms with Gasteiger partial charge in [-0.3, -0.25) is 4.90 Å². The normalized spacial score (nSPS) is 33.5. The monoisotopic (exact) mass is 269 g/mol. The molecule has 2 fully saturated rings. The van der Waals surface area contributed by atoms with E-state index < -0.39 is 0 Å². The van der Waals surface area contributed by atoms with Crippen molar-refractivity contribution in [2.24, 2.45) is 0 Å². The molecule has 0 aromatic heterocycles. The number of nitrogens with one attached hydrogen (secondary N) is 1. The van der Waals surface area contributed by atoms with E-state index >= 15 is 0 Å². The van der Waals surface area contributed by atoms with Crippen LogP contribution in [0.2, 0.25) is 0 Å². The Morgan fingerprint density at radius 3 is 2.79 bits per heavy atom. The maximum absolute atomic E-state index is 5.84. The molecule has 0 aromatic rings. The summed E-state index contributed by atoms with van der Waals surface area (Å²) in [7, 11) is 4.31. The molecule has 19 heavy (non-hydrogen) atoms. The highest BCUT2D eigenvalue weighted by Crippen LogP contribution is 2.26. The summed E-state index contributed by atoms with van der Waals surface area (Å²) >= 11 is 0. The smallest absolute Gasteiger partial charge is 0.0703 e. The Morgan fingerprint density at radius 1 is 1.37 bits per heavy atom. The van der Waals surface area contributed by atoms with E-state index in [1.807, 2.05) is 7.05 Å². The fourth-order valence-electron chi connectivity index (χ4n) is 3.24. The summed E-state index contributed by atoms with van der Waals surface area (Å²) in [6.07, 6.45) is 4.16. The Balaban J connectivity index is 2.02. The second kappa shape index (κ2) is 6.53. The highest BCUT2D eigenvalue weighted by molar-refractivity contribution is 4.92. The number of ether oxygens (including phenoxy) is 1. The molecule has 2 aliphatic rings. The first-order chi connectivity index (χ1) is 9.03. The molecule has 2 atom stereocenters. The minimum absolute atomic E-state index is 0.280. The number of hydrogen-bond acceptors (Lipinski definition) is 4. The predicted molar refractivity (Wildman–Crippen MR) is 79.6 cm³/mol. The minimum atomic E-state index is 0.280. The SMILES string of the molecule is CNCC1CN(CC2CCCO2)C(C)(C)CCN1C. The van der Waals surface area contributed by atoms with Crippen LogP contribution in [0.25, 0.3) is 0 Å². The lowest BCUT2D eigenvalue weighted by molar-refractivity contribution is 0.0299. The zero-order chi connectivity index (χ0) is 13.9. The average Bonchev–Trinajstić information content (AvgIpc) is 2.83. The van der Waals surface area contributed by atoms with Gasteiger partial charge in [0.05, 0.1) is 6.10 Å². The Labute approximate surface area is 118 Å². The number of likely N-dealkylation sites (N-methyl/N-ethyl adjacent to an activating group) is 2. The maximum atomic E-state index is 5.84. The van der Waals surface area contributed by atoms with E-state index in [2.05, 4.69) is 36.0 Å². The third-order valence-corrected chi connectivity index (χ3v) is 4.87. The van der Waals surface area contributed by atoms with Crippen LogP contribution in [0.4, 0.5) is 0 Å². The lowest BCUT2D eigenvalue weighted by atomic mass is 9.97. The van der Waals surface area contributed by atoms with Crippen LogP contribution in [0.5, 0.6) is 0 Å². The lowest BCUT2D eigenvalue weighted by Crippen LogP contribution is -2.51. The molecule has 1 N–H and O–H groups in total. The molecule has 0 radical (unpaired) electrons. The van der Waals surface area contributed by atoms with Crippen molar-refractivity contribution in [1.29, 1.82) is 0 Å². The van der Waals surface area contributed by atoms with Crippen molar-refractivity contribution in [2.45, 2.75) is 50.8 Å². The summed E-state index contributed by atoms with van der Waals surface area (Å²) in [6, 6.07) is 0.605. The van der Waals surface area contributed by atoms with Crippen molar-refractivity contribution >= 4 is 0 Å². The molecule has 4 heteroatoms. The van der Waals surface area contributed by atoms with Crippen LogP contribution in [-0.2, 0) is 4.74 Å². The lowest BCUT2D eigenvalue weighted by Gasteiger charge is -2.39. The van der Waals surface area contributed by atoms with E-state index in [4.69, 9.17) is 4.74 Å². The van der Waals surface area contributed by atoms with Crippen LogP contribution < -0.4 is 5.32 Å². The van der Waals surface area contributed by atoms with Crippen molar-refractivity contribution in [3.8, 4) is 0 Å². The van der Waals surface area contributed by atoms with E-state index in [1.165, 1.54) is 25.8 Å². The molecule has 0 amide bonds. The van der Waals surface area contributed by atoms with Crippen LogP contribution in [0, 0.1) is 0 Å². The Kier molecular flexibility index (Phi) is 5.23. The van der Waals surface area contributed by atoms with Crippen molar-refractivity contribution < 1.29 is 4.74 Å². The average molecular weight is 269 g/mol. The molecule has 2 heterocycles. The van der Waals surface area contributed by atoms with Crippen LogP contribution in [0.1, 0.15) is 33.1 Å². The first-order valence-corrected chi connectivity index (χ1v) is 7.74. The molecule has 2 rings (SSSR count). The van der Waals surface area contributed by atoms with Crippen LogP contribution >= 0.6 is 0 Å². The minimum Gasteiger partial charge on any atom is -0.377 e. The van der Waals surface area contributed by atoms with E-state index in [9.17, 15) is 0 Å². The fraction of sp³-hybridized carbons (Fsp3) is 1.00. The second-order valence-corrected chi connectivity index (χ2v) is 6.79. The van der Waals surface area contributed by atoms with E-state index in [1.54, 1.807) is 0 Å². The molecule has 4 nitrogen and oxygen atoms in total. The Hall–Kier alpha value is -0.160. The third kappa shape index (κ3) is 3.91. The summed E-state index contributed by atoms with van der Waals surface area (Å²) in [4.78, 5) is 5.17. The summed E-state index contributed by atoms with van der Waals surface area (Å²) in [5, 5.41) is 3.34. The molecule has 0 saturated carbocycles. The molecular weight excluding hydrogens is 238 g/mol. The molecule has 0 bridgehead atoms. The number of nitrogens with zero attached hydrogens (tertiary/aromatic N) is 2. The summed E-state index contributed by atoms with van der Waals surface area (Å²) < 4.78 is 5.84. The summed E-state index contributed by atoms with van der Waals surface area (Å²) in [5.41, 5.74) is 0.280. The van der Waals surface area contributed by atoms with Crippen molar-refractivity contribution in [3.05, 3.63) is 0 Å². The van der Waals surface area contributed by atoms with Gasteiger partial charge < -0.3 is 15.0 Å². The van der Waals surface area contributed by atoms with Gasteiger partial charge in [0.2, 0.25) is 0 Å². The fourth-order valence-corrected chi connectivity index (χ4v) is 3.24. The van der Waals surface area contributed by atoms with Crippen LogP contribution in [-0.4, -0.2) is 74.4 Å². The van der Waals surface area contributed by atoms with Crippen LogP contribution in [0.15, 0.2) is 0 Å². The standard InChI is InChI=1S/C15H31N3O/c1-15(2)7-8-17(4)13(10-16-3)11-18(15)12-14-6-5-9-19-14/h13-14,16H,5-12H2,1-4H3. The van der Waals surface area contributed by atoms with Crippen molar-refractivity contribution in [1.82, 2.24) is 15.1 Å². The third-order valence-electron chi connectivity index (χ3n) is 4.87. The van der Waals surface area contributed by atoms with E-state index in [0.29, 0.717) is 12.1 Å². The largest absolute Gasteiger partial charge is 0.377 e. The van der Waals surface area contributed by atoms with Gasteiger partial charge in [0, 0.05) is 37.8 Å². The molecular formula is C15H31N3O. The molecule has 112 valence electrons. The highest BCUT2D eigenvalue weighted by Gasteiger charge is 2.35. The second-order valence-electron chi connectivity index (χ2n) is 6.79. The first-order valence-electron chi connectivity index (χ1n) is 7.74. The number of rotatable bonds is 4. The van der Waals surface area contributed by atoms with Crippen LogP contribution in [0.3, 0.4) is 0 Å². The molecule has 2 aliphatic heterocycles. The molecule has 0 aromatic carbocycles. The molecule has 0 spiro atoms. The van der Waals surface area contributed by atoms with Gasteiger partial charge in [0.25, 0.3) is 0 Å². The van der Waals surface area contributed by atoms with E-state index in [0.717, 1.165) is 26.2 Å². The zero-order valence-corrected chi connectivity index (χ0v) is 13.1. The van der Waals surface area contributed by atoms with Gasteiger partial charge in [0.1, 0.15) is 0 Å². The van der Waals surface area contributed by atoms with Gasteiger partial charge in [-0.2, -0.15) is 0 Å².